The molecule has 2 heterocycles. The molecule has 2 aliphatic rings. The van der Waals surface area contributed by atoms with E-state index in [-0.39, 0.29) is 0 Å². The molecular weight excluding hydrogens is 252 g/mol. The highest BCUT2D eigenvalue weighted by molar-refractivity contribution is 5.87. The number of hydrogen-bond donors (Lipinski definition) is 1. The summed E-state index contributed by atoms with van der Waals surface area (Å²) in [7, 11) is 7.84. The molecule has 0 fully saturated rings. The van der Waals surface area contributed by atoms with Crippen molar-refractivity contribution in [3.8, 4) is 11.4 Å². The Morgan fingerprint density at radius 3 is 2.55 bits per heavy atom. The zero-order valence-electron chi connectivity index (χ0n) is 12.4. The normalized spacial score (nSPS) is 11.2. The predicted octanol–water partition coefficient (Wildman–Crippen LogP) is 1.88. The van der Waals surface area contributed by atoms with E-state index in [9.17, 15) is 0 Å². The van der Waals surface area contributed by atoms with E-state index in [0.29, 0.717) is 5.95 Å². The summed E-state index contributed by atoms with van der Waals surface area (Å²) >= 11 is 0. The highest BCUT2D eigenvalue weighted by Crippen LogP contribution is 2.30. The van der Waals surface area contributed by atoms with Gasteiger partial charge in [-0.05, 0) is 19.1 Å². The fourth-order valence-electron chi connectivity index (χ4n) is 2.60. The summed E-state index contributed by atoms with van der Waals surface area (Å²) in [6.45, 7) is 2.07. The van der Waals surface area contributed by atoms with Crippen molar-refractivity contribution in [2.24, 2.45) is 7.05 Å². The Kier molecular flexibility index (Phi) is 2.74. The van der Waals surface area contributed by atoms with E-state index >= 15 is 0 Å². The standard InChI is InChI=1S/C14H18N6/c1-8-11-9(16-13(15-2)18-11)6-7-10-12(8)20(5)14(17-10)19(3)4/h6-7H,1-5H3,(H,15,16,18). The van der Waals surface area contributed by atoms with Crippen LogP contribution in [0.5, 0.6) is 0 Å². The zero-order valence-corrected chi connectivity index (χ0v) is 12.4. The molecule has 0 saturated heterocycles. The van der Waals surface area contributed by atoms with Crippen LogP contribution in [0.3, 0.4) is 0 Å². The van der Waals surface area contributed by atoms with E-state index in [1.165, 1.54) is 0 Å². The molecule has 1 aromatic heterocycles. The monoisotopic (exact) mass is 270 g/mol. The van der Waals surface area contributed by atoms with Crippen LogP contribution in [-0.4, -0.2) is 40.7 Å². The van der Waals surface area contributed by atoms with Crippen LogP contribution in [0.2, 0.25) is 0 Å². The zero-order chi connectivity index (χ0) is 14.4. The van der Waals surface area contributed by atoms with Crippen molar-refractivity contribution in [3.05, 3.63) is 17.7 Å². The summed E-state index contributed by atoms with van der Waals surface area (Å²) in [5.74, 6) is 1.58. The maximum absolute atomic E-state index is 4.68. The van der Waals surface area contributed by atoms with Gasteiger partial charge in [-0.1, -0.05) is 0 Å². The minimum Gasteiger partial charge on any atom is -0.357 e. The minimum atomic E-state index is 0.650. The van der Waals surface area contributed by atoms with E-state index < -0.39 is 0 Å². The van der Waals surface area contributed by atoms with Crippen molar-refractivity contribution < 1.29 is 0 Å². The van der Waals surface area contributed by atoms with Crippen molar-refractivity contribution in [2.75, 3.05) is 31.4 Å². The first kappa shape index (κ1) is 12.7. The third-order valence-electron chi connectivity index (χ3n) is 3.52. The second-order valence-electron chi connectivity index (χ2n) is 5.09. The summed E-state index contributed by atoms with van der Waals surface area (Å²) in [5, 5.41) is 2.99. The smallest absolute Gasteiger partial charge is 0.223 e. The van der Waals surface area contributed by atoms with Crippen LogP contribution in [0, 0.1) is 6.92 Å². The van der Waals surface area contributed by atoms with E-state index in [4.69, 9.17) is 0 Å². The molecule has 1 aliphatic carbocycles. The van der Waals surface area contributed by atoms with Crippen LogP contribution in [0.25, 0.3) is 22.4 Å². The first-order chi connectivity index (χ1) is 9.52. The summed E-state index contributed by atoms with van der Waals surface area (Å²) in [5.41, 5.74) is 4.94. The third kappa shape index (κ3) is 1.68. The molecule has 0 amide bonds. The molecule has 1 N–H and O–H groups in total. The van der Waals surface area contributed by atoms with Crippen molar-refractivity contribution in [1.29, 1.82) is 0 Å². The molecule has 6 heteroatoms. The first-order valence-electron chi connectivity index (χ1n) is 6.51. The highest BCUT2D eigenvalue weighted by Gasteiger charge is 2.18. The van der Waals surface area contributed by atoms with Crippen molar-refractivity contribution in [2.45, 2.75) is 6.92 Å². The van der Waals surface area contributed by atoms with Gasteiger partial charge in [-0.2, -0.15) is 0 Å². The molecule has 0 bridgehead atoms. The third-order valence-corrected chi connectivity index (χ3v) is 3.52. The number of hydrogen-bond acceptors (Lipinski definition) is 5. The van der Waals surface area contributed by atoms with Gasteiger partial charge in [0.05, 0.1) is 22.4 Å². The van der Waals surface area contributed by atoms with Crippen molar-refractivity contribution in [1.82, 2.24) is 19.5 Å². The number of aryl methyl sites for hydroxylation is 2. The van der Waals surface area contributed by atoms with E-state index in [1.807, 2.05) is 45.2 Å². The van der Waals surface area contributed by atoms with Crippen LogP contribution in [0.4, 0.5) is 11.9 Å². The van der Waals surface area contributed by atoms with Gasteiger partial charge in [-0.25, -0.2) is 15.0 Å². The predicted molar refractivity (Wildman–Crippen MR) is 81.5 cm³/mol. The summed E-state index contributed by atoms with van der Waals surface area (Å²) in [4.78, 5) is 15.7. The molecule has 1 aromatic rings. The SMILES string of the molecule is CNc1nc2ccc3nc(N(C)C)n(C)c3c(C)c-2n1. The molecule has 20 heavy (non-hydrogen) atoms. The molecule has 104 valence electrons. The Balaban J connectivity index is 2.40. The fourth-order valence-corrected chi connectivity index (χ4v) is 2.60. The molecular formula is C14H18N6. The van der Waals surface area contributed by atoms with E-state index in [1.54, 1.807) is 0 Å². The number of anilines is 2. The number of nitrogens with zero attached hydrogens (tertiary/aromatic N) is 5. The maximum atomic E-state index is 4.68. The molecule has 0 atom stereocenters. The number of rotatable bonds is 2. The van der Waals surface area contributed by atoms with Crippen LogP contribution < -0.4 is 10.2 Å². The van der Waals surface area contributed by atoms with Gasteiger partial charge in [0.25, 0.3) is 0 Å². The second kappa shape index (κ2) is 4.33. The molecule has 6 nitrogen and oxygen atoms in total. The van der Waals surface area contributed by atoms with Gasteiger partial charge in [0.2, 0.25) is 11.9 Å². The second-order valence-corrected chi connectivity index (χ2v) is 5.09. The summed E-state index contributed by atoms with van der Waals surface area (Å²) in [6, 6.07) is 3.98. The molecule has 0 aromatic carbocycles. The lowest BCUT2D eigenvalue weighted by Crippen LogP contribution is -2.13. The van der Waals surface area contributed by atoms with Gasteiger partial charge in [-0.15, -0.1) is 0 Å². The Bertz CT molecular complexity index is 758. The van der Waals surface area contributed by atoms with Gasteiger partial charge >= 0.3 is 0 Å². The van der Waals surface area contributed by atoms with Gasteiger partial charge in [0.15, 0.2) is 0 Å². The van der Waals surface area contributed by atoms with E-state index in [2.05, 4.69) is 31.8 Å². The molecule has 0 unspecified atom stereocenters. The quantitative estimate of drug-likeness (QED) is 0.770. The lowest BCUT2D eigenvalue weighted by molar-refractivity contribution is 0.887. The Labute approximate surface area is 117 Å². The number of aromatic nitrogens is 4. The molecule has 0 spiro atoms. The Morgan fingerprint density at radius 1 is 1.15 bits per heavy atom. The fraction of sp³-hybridized carbons (Fsp3) is 0.357. The van der Waals surface area contributed by atoms with Gasteiger partial charge in [-0.3, -0.25) is 0 Å². The molecule has 1 aliphatic heterocycles. The largest absolute Gasteiger partial charge is 0.357 e. The van der Waals surface area contributed by atoms with Crippen LogP contribution in [-0.2, 0) is 7.05 Å². The van der Waals surface area contributed by atoms with Crippen molar-refractivity contribution in [3.63, 3.8) is 0 Å². The number of imidazole rings is 2. The Hall–Kier alpha value is -2.37. The number of fused-ring (bicyclic) bond motifs is 2. The minimum absolute atomic E-state index is 0.650. The van der Waals surface area contributed by atoms with Crippen LogP contribution >= 0.6 is 0 Å². The first-order valence-corrected chi connectivity index (χ1v) is 6.51. The van der Waals surface area contributed by atoms with Crippen LogP contribution in [0.15, 0.2) is 12.1 Å². The average molecular weight is 270 g/mol. The summed E-state index contributed by atoms with van der Waals surface area (Å²) in [6.07, 6.45) is 0. The lowest BCUT2D eigenvalue weighted by Gasteiger charge is -2.11. The highest BCUT2D eigenvalue weighted by atomic mass is 15.3. The van der Waals surface area contributed by atoms with Crippen molar-refractivity contribution >= 4 is 22.9 Å². The number of nitrogens with one attached hydrogen (secondary N) is 1. The van der Waals surface area contributed by atoms with Gasteiger partial charge in [0.1, 0.15) is 0 Å². The topological polar surface area (TPSA) is 58.9 Å². The molecule has 3 rings (SSSR count). The summed E-state index contributed by atoms with van der Waals surface area (Å²) < 4.78 is 2.10. The Morgan fingerprint density at radius 2 is 1.90 bits per heavy atom. The van der Waals surface area contributed by atoms with Gasteiger partial charge < -0.3 is 14.8 Å². The molecule has 0 radical (unpaired) electrons. The average Bonchev–Trinajstić information content (AvgIpc) is 2.93. The van der Waals surface area contributed by atoms with Crippen LogP contribution in [0.1, 0.15) is 5.56 Å². The maximum Gasteiger partial charge on any atom is 0.223 e. The van der Waals surface area contributed by atoms with Gasteiger partial charge in [0, 0.05) is 33.8 Å². The molecule has 0 saturated carbocycles. The van der Waals surface area contributed by atoms with E-state index in [0.717, 1.165) is 33.9 Å². The lowest BCUT2D eigenvalue weighted by atomic mass is 10.2.